The van der Waals surface area contributed by atoms with Crippen LogP contribution in [-0.2, 0) is 10.0 Å². The van der Waals surface area contributed by atoms with E-state index in [4.69, 9.17) is 4.74 Å². The molecule has 1 heterocycles. The van der Waals surface area contributed by atoms with Crippen LogP contribution < -0.4 is 15.4 Å². The van der Waals surface area contributed by atoms with E-state index in [0.29, 0.717) is 29.4 Å². The number of nitrogens with one attached hydrogen (secondary N) is 2. The Morgan fingerprint density at radius 2 is 1.90 bits per heavy atom. The van der Waals surface area contributed by atoms with Gasteiger partial charge in [-0.3, -0.25) is 4.79 Å². The van der Waals surface area contributed by atoms with Crippen molar-refractivity contribution in [3.8, 4) is 11.5 Å². The van der Waals surface area contributed by atoms with E-state index in [9.17, 15) is 13.2 Å². The highest BCUT2D eigenvalue weighted by Gasteiger charge is 2.30. The van der Waals surface area contributed by atoms with Crippen LogP contribution in [0, 0.1) is 0 Å². The van der Waals surface area contributed by atoms with Crippen LogP contribution in [0.15, 0.2) is 41.3 Å². The maximum Gasteiger partial charge on any atom is 0.259 e. The van der Waals surface area contributed by atoms with Crippen LogP contribution in [0.3, 0.4) is 0 Å². The first kappa shape index (κ1) is 19.7. The van der Waals surface area contributed by atoms with E-state index in [1.54, 1.807) is 31.2 Å². The van der Waals surface area contributed by atoms with Gasteiger partial charge < -0.3 is 15.4 Å². The highest BCUT2D eigenvalue weighted by molar-refractivity contribution is 7.89. The van der Waals surface area contributed by atoms with Crippen molar-refractivity contribution in [2.75, 3.05) is 24.2 Å². The molecule has 0 atom stereocenters. The number of sulfonamides is 1. The summed E-state index contributed by atoms with van der Waals surface area (Å²) in [5, 5.41) is 6.19. The molecule has 1 fully saturated rings. The Balaban J connectivity index is 1.85. The first-order valence-corrected chi connectivity index (χ1v) is 11.3. The van der Waals surface area contributed by atoms with Crippen molar-refractivity contribution in [1.82, 2.24) is 4.31 Å². The molecule has 0 aromatic heterocycles. The van der Waals surface area contributed by atoms with E-state index in [-0.39, 0.29) is 16.5 Å². The third-order valence-electron chi connectivity index (χ3n) is 5.53. The van der Waals surface area contributed by atoms with E-state index in [2.05, 4.69) is 10.6 Å². The number of hydrogen-bond acceptors (Lipinski definition) is 5. The molecular weight excluding hydrogens is 390 g/mol. The molecule has 0 saturated heterocycles. The second kappa shape index (κ2) is 7.68. The summed E-state index contributed by atoms with van der Waals surface area (Å²) < 4.78 is 33.6. The van der Waals surface area contributed by atoms with Gasteiger partial charge in [0.2, 0.25) is 10.0 Å². The van der Waals surface area contributed by atoms with Crippen molar-refractivity contribution in [1.29, 1.82) is 0 Å². The number of benzene rings is 2. The fraction of sp³-hybridized carbons (Fsp3) is 0.381. The van der Waals surface area contributed by atoms with Crippen LogP contribution in [0.25, 0.3) is 0 Å². The Hall–Kier alpha value is -2.58. The Morgan fingerprint density at radius 1 is 1.17 bits per heavy atom. The predicted octanol–water partition coefficient (Wildman–Crippen LogP) is 4.04. The lowest BCUT2D eigenvalue weighted by Gasteiger charge is -2.22. The SMILES string of the molecule is CCN(C)S(=O)(=O)c1cc2c(cc1NC1CCCC1)Oc1ccccc1NC2=O. The summed E-state index contributed by atoms with van der Waals surface area (Å²) in [7, 11) is -2.23. The third kappa shape index (κ3) is 3.70. The van der Waals surface area contributed by atoms with Gasteiger partial charge in [0.1, 0.15) is 10.6 Å². The quantitative estimate of drug-likeness (QED) is 0.770. The zero-order valence-electron chi connectivity index (χ0n) is 16.6. The number of fused-ring (bicyclic) bond motifs is 2. The average molecular weight is 416 g/mol. The van der Waals surface area contributed by atoms with Crippen LogP contribution in [0.1, 0.15) is 43.0 Å². The largest absolute Gasteiger partial charge is 0.454 e. The molecule has 8 heteroatoms. The van der Waals surface area contributed by atoms with Gasteiger partial charge in [-0.1, -0.05) is 31.9 Å². The van der Waals surface area contributed by atoms with Crippen molar-refractivity contribution >= 4 is 27.3 Å². The smallest absolute Gasteiger partial charge is 0.259 e. The standard InChI is InChI=1S/C21H25N3O4S/c1-3-24(2)29(26,27)20-12-15-19(13-17(20)22-14-8-4-5-9-14)28-18-11-7-6-10-16(18)23-21(15)25/h6-7,10-14,22H,3-5,8-9H2,1-2H3,(H,23,25). The molecule has 29 heavy (non-hydrogen) atoms. The van der Waals surface area contributed by atoms with Crippen LogP contribution in [0.5, 0.6) is 11.5 Å². The van der Waals surface area contributed by atoms with Crippen LogP contribution in [0.2, 0.25) is 0 Å². The molecule has 1 saturated carbocycles. The van der Waals surface area contributed by atoms with Gasteiger partial charge in [0, 0.05) is 25.7 Å². The summed E-state index contributed by atoms with van der Waals surface area (Å²) in [6.45, 7) is 2.11. The zero-order valence-corrected chi connectivity index (χ0v) is 17.4. The van der Waals surface area contributed by atoms with E-state index in [0.717, 1.165) is 25.7 Å². The summed E-state index contributed by atoms with van der Waals surface area (Å²) >= 11 is 0. The average Bonchev–Trinajstić information content (AvgIpc) is 3.16. The first-order chi connectivity index (χ1) is 13.9. The Bertz CT molecular complexity index is 1050. The Morgan fingerprint density at radius 3 is 2.62 bits per heavy atom. The van der Waals surface area contributed by atoms with Crippen LogP contribution in [0.4, 0.5) is 11.4 Å². The minimum atomic E-state index is -3.76. The predicted molar refractivity (Wildman–Crippen MR) is 112 cm³/mol. The van der Waals surface area contributed by atoms with Gasteiger partial charge in [-0.2, -0.15) is 0 Å². The molecule has 1 aliphatic heterocycles. The number of anilines is 2. The number of carbonyl (C=O) groups excluding carboxylic acids is 1. The van der Waals surface area contributed by atoms with Crippen molar-refractivity contribution in [2.24, 2.45) is 0 Å². The highest BCUT2D eigenvalue weighted by Crippen LogP contribution is 2.40. The van der Waals surface area contributed by atoms with Crippen molar-refractivity contribution < 1.29 is 17.9 Å². The minimum absolute atomic E-state index is 0.0946. The summed E-state index contributed by atoms with van der Waals surface area (Å²) in [6, 6.07) is 10.4. The molecule has 0 bridgehead atoms. The minimum Gasteiger partial charge on any atom is -0.454 e. The van der Waals surface area contributed by atoms with Crippen molar-refractivity contribution in [2.45, 2.75) is 43.5 Å². The summed E-state index contributed by atoms with van der Waals surface area (Å²) in [4.78, 5) is 12.9. The lowest BCUT2D eigenvalue weighted by molar-refractivity contribution is 0.102. The van der Waals surface area contributed by atoms with Gasteiger partial charge in [-0.15, -0.1) is 0 Å². The number of ether oxygens (including phenoxy) is 1. The molecule has 4 rings (SSSR count). The zero-order chi connectivity index (χ0) is 20.6. The van der Waals surface area contributed by atoms with Gasteiger partial charge >= 0.3 is 0 Å². The molecule has 1 aliphatic carbocycles. The topological polar surface area (TPSA) is 87.7 Å². The van der Waals surface area contributed by atoms with Crippen LogP contribution in [-0.4, -0.2) is 38.3 Å². The van der Waals surface area contributed by atoms with Gasteiger partial charge in [-0.05, 0) is 31.0 Å². The van der Waals surface area contributed by atoms with E-state index >= 15 is 0 Å². The fourth-order valence-electron chi connectivity index (χ4n) is 3.74. The van der Waals surface area contributed by atoms with E-state index in [1.165, 1.54) is 17.4 Å². The van der Waals surface area contributed by atoms with Crippen molar-refractivity contribution in [3.63, 3.8) is 0 Å². The summed E-state index contributed by atoms with van der Waals surface area (Å²) in [5.41, 5.74) is 1.22. The number of para-hydroxylation sites is 2. The van der Waals surface area contributed by atoms with Gasteiger partial charge in [0.25, 0.3) is 5.91 Å². The molecule has 0 radical (unpaired) electrons. The summed E-state index contributed by atoms with van der Waals surface area (Å²) in [6.07, 6.45) is 4.21. The molecule has 0 spiro atoms. The molecule has 2 aromatic carbocycles. The molecule has 154 valence electrons. The lowest BCUT2D eigenvalue weighted by Crippen LogP contribution is -2.28. The number of hydrogen-bond donors (Lipinski definition) is 2. The number of carbonyl (C=O) groups is 1. The number of amides is 1. The molecule has 1 amide bonds. The number of nitrogens with zero attached hydrogens (tertiary/aromatic N) is 1. The Kier molecular flexibility index (Phi) is 5.23. The number of rotatable bonds is 5. The van der Waals surface area contributed by atoms with E-state index < -0.39 is 15.9 Å². The molecule has 0 unspecified atom stereocenters. The molecule has 2 aromatic rings. The third-order valence-corrected chi connectivity index (χ3v) is 7.50. The van der Waals surface area contributed by atoms with Gasteiger partial charge in [0.05, 0.1) is 16.9 Å². The monoisotopic (exact) mass is 415 g/mol. The summed E-state index contributed by atoms with van der Waals surface area (Å²) in [5.74, 6) is 0.465. The molecular formula is C21H25N3O4S. The van der Waals surface area contributed by atoms with E-state index in [1.807, 2.05) is 6.07 Å². The second-order valence-electron chi connectivity index (χ2n) is 7.44. The normalized spacial score (nSPS) is 16.6. The van der Waals surface area contributed by atoms with Crippen LogP contribution >= 0.6 is 0 Å². The molecule has 2 aliphatic rings. The fourth-order valence-corrected chi connectivity index (χ4v) is 5.08. The molecule has 2 N–H and O–H groups in total. The second-order valence-corrected chi connectivity index (χ2v) is 9.46. The maximum atomic E-state index is 13.2. The van der Waals surface area contributed by atoms with Crippen molar-refractivity contribution in [3.05, 3.63) is 42.0 Å². The highest BCUT2D eigenvalue weighted by atomic mass is 32.2. The van der Waals surface area contributed by atoms with Gasteiger partial charge in [-0.25, -0.2) is 12.7 Å². The maximum absolute atomic E-state index is 13.2. The van der Waals surface area contributed by atoms with Gasteiger partial charge in [0.15, 0.2) is 5.75 Å². The lowest BCUT2D eigenvalue weighted by atomic mass is 10.1. The first-order valence-electron chi connectivity index (χ1n) is 9.89. The Labute approximate surface area is 171 Å². The molecule has 7 nitrogen and oxygen atoms in total.